The Bertz CT molecular complexity index is 886. The fourth-order valence-electron chi connectivity index (χ4n) is 3.37. The zero-order valence-corrected chi connectivity index (χ0v) is 16.9. The second-order valence-electron chi connectivity index (χ2n) is 6.89. The second kappa shape index (κ2) is 9.80. The maximum Gasteiger partial charge on any atom is 0.321 e. The standard InChI is InChI=1S/C22H26N4O3/c1-28-20-7-6-17(15-21(20)29-2)8-9-25-10-12-26(13-11-25)22(27)24-19-5-3-4-18(14-19)16-23/h3-7,14-15H,8-13H2,1-2H3,(H,24,27). The smallest absolute Gasteiger partial charge is 0.321 e. The van der Waals surface area contributed by atoms with E-state index >= 15 is 0 Å². The van der Waals surface area contributed by atoms with Gasteiger partial charge in [-0.1, -0.05) is 12.1 Å². The molecule has 3 rings (SSSR count). The summed E-state index contributed by atoms with van der Waals surface area (Å²) in [6.07, 6.45) is 0.910. The molecule has 0 unspecified atom stereocenters. The highest BCUT2D eigenvalue weighted by Gasteiger charge is 2.21. The number of benzene rings is 2. The number of methoxy groups -OCH3 is 2. The number of hydrogen-bond acceptors (Lipinski definition) is 5. The molecular formula is C22H26N4O3. The summed E-state index contributed by atoms with van der Waals surface area (Å²) in [5.41, 5.74) is 2.37. The molecule has 1 fully saturated rings. The van der Waals surface area contributed by atoms with Crippen LogP contribution in [0.3, 0.4) is 0 Å². The number of rotatable bonds is 6. The Balaban J connectivity index is 1.46. The van der Waals surface area contributed by atoms with Gasteiger partial charge in [0, 0.05) is 38.4 Å². The van der Waals surface area contributed by atoms with Crippen LogP contribution >= 0.6 is 0 Å². The molecule has 2 aromatic rings. The highest BCUT2D eigenvalue weighted by molar-refractivity contribution is 5.89. The predicted molar refractivity (Wildman–Crippen MR) is 111 cm³/mol. The van der Waals surface area contributed by atoms with Gasteiger partial charge in [-0.15, -0.1) is 0 Å². The van der Waals surface area contributed by atoms with Crippen LogP contribution in [-0.2, 0) is 6.42 Å². The summed E-state index contributed by atoms with van der Waals surface area (Å²) >= 11 is 0. The number of ether oxygens (including phenoxy) is 2. The summed E-state index contributed by atoms with van der Waals surface area (Å²) in [6.45, 7) is 3.94. The van der Waals surface area contributed by atoms with E-state index in [0.717, 1.165) is 37.6 Å². The first-order valence-corrected chi connectivity index (χ1v) is 9.62. The fourth-order valence-corrected chi connectivity index (χ4v) is 3.37. The van der Waals surface area contributed by atoms with Gasteiger partial charge in [0.25, 0.3) is 0 Å². The topological polar surface area (TPSA) is 77.8 Å². The fraction of sp³-hybridized carbons (Fsp3) is 0.364. The molecule has 1 aliphatic rings. The molecule has 29 heavy (non-hydrogen) atoms. The van der Waals surface area contributed by atoms with Gasteiger partial charge in [0.2, 0.25) is 0 Å². The zero-order chi connectivity index (χ0) is 20.6. The number of nitrogens with zero attached hydrogens (tertiary/aromatic N) is 3. The van der Waals surface area contributed by atoms with Crippen molar-refractivity contribution in [1.29, 1.82) is 5.26 Å². The molecule has 2 amide bonds. The summed E-state index contributed by atoms with van der Waals surface area (Å²) in [6, 6.07) is 14.9. The molecular weight excluding hydrogens is 368 g/mol. The van der Waals surface area contributed by atoms with Gasteiger partial charge in [-0.05, 0) is 42.3 Å². The Kier molecular flexibility index (Phi) is 6.93. The van der Waals surface area contributed by atoms with Gasteiger partial charge in [0.1, 0.15) is 0 Å². The van der Waals surface area contributed by atoms with Crippen LogP contribution in [-0.4, -0.2) is 62.8 Å². The molecule has 2 aromatic carbocycles. The quantitative estimate of drug-likeness (QED) is 0.815. The minimum atomic E-state index is -0.125. The third-order valence-corrected chi connectivity index (χ3v) is 5.07. The van der Waals surface area contributed by atoms with Gasteiger partial charge in [0.05, 0.1) is 25.9 Å². The Labute approximate surface area is 171 Å². The monoisotopic (exact) mass is 394 g/mol. The van der Waals surface area contributed by atoms with E-state index in [1.165, 1.54) is 5.56 Å². The second-order valence-corrected chi connectivity index (χ2v) is 6.89. The van der Waals surface area contributed by atoms with Crippen molar-refractivity contribution in [2.75, 3.05) is 52.3 Å². The largest absolute Gasteiger partial charge is 0.493 e. The Hall–Kier alpha value is -3.24. The molecule has 7 heteroatoms. The van der Waals surface area contributed by atoms with Gasteiger partial charge < -0.3 is 19.7 Å². The Morgan fingerprint density at radius 3 is 2.52 bits per heavy atom. The maximum absolute atomic E-state index is 12.5. The maximum atomic E-state index is 12.5. The van der Waals surface area contributed by atoms with E-state index in [-0.39, 0.29) is 6.03 Å². The van der Waals surface area contributed by atoms with Gasteiger partial charge in [0.15, 0.2) is 11.5 Å². The number of nitriles is 1. The lowest BCUT2D eigenvalue weighted by Crippen LogP contribution is -2.50. The molecule has 0 bridgehead atoms. The van der Waals surface area contributed by atoms with E-state index in [2.05, 4.69) is 22.4 Å². The van der Waals surface area contributed by atoms with E-state index in [0.29, 0.717) is 24.3 Å². The number of anilines is 1. The van der Waals surface area contributed by atoms with E-state index < -0.39 is 0 Å². The number of urea groups is 1. The number of hydrogen-bond donors (Lipinski definition) is 1. The van der Waals surface area contributed by atoms with Crippen molar-refractivity contribution in [3.8, 4) is 17.6 Å². The summed E-state index contributed by atoms with van der Waals surface area (Å²) in [5.74, 6) is 1.48. The van der Waals surface area contributed by atoms with E-state index in [1.54, 1.807) is 38.5 Å². The molecule has 1 heterocycles. The molecule has 1 saturated heterocycles. The van der Waals surface area contributed by atoms with Crippen molar-refractivity contribution >= 4 is 11.7 Å². The molecule has 1 N–H and O–H groups in total. The lowest BCUT2D eigenvalue weighted by Gasteiger charge is -2.34. The molecule has 7 nitrogen and oxygen atoms in total. The van der Waals surface area contributed by atoms with Crippen molar-refractivity contribution in [3.05, 3.63) is 53.6 Å². The number of carbonyl (C=O) groups excluding carboxylic acids is 1. The summed E-state index contributed by atoms with van der Waals surface area (Å²) in [7, 11) is 3.27. The SMILES string of the molecule is COc1ccc(CCN2CCN(C(=O)Nc3cccc(C#N)c3)CC2)cc1OC. The van der Waals surface area contributed by atoms with Crippen molar-refractivity contribution in [2.24, 2.45) is 0 Å². The minimum absolute atomic E-state index is 0.125. The van der Waals surface area contributed by atoms with Crippen LogP contribution in [0.15, 0.2) is 42.5 Å². The zero-order valence-electron chi connectivity index (χ0n) is 16.9. The molecule has 0 atom stereocenters. The first-order valence-electron chi connectivity index (χ1n) is 9.62. The van der Waals surface area contributed by atoms with Gasteiger partial charge in [-0.25, -0.2) is 4.79 Å². The van der Waals surface area contributed by atoms with Crippen LogP contribution in [0.1, 0.15) is 11.1 Å². The van der Waals surface area contributed by atoms with Crippen LogP contribution in [0.2, 0.25) is 0 Å². The van der Waals surface area contributed by atoms with Crippen LogP contribution in [0.25, 0.3) is 0 Å². The van der Waals surface area contributed by atoms with Gasteiger partial charge in [-0.3, -0.25) is 4.90 Å². The molecule has 0 saturated carbocycles. The van der Waals surface area contributed by atoms with Crippen LogP contribution in [0.5, 0.6) is 11.5 Å². The number of carbonyl (C=O) groups is 1. The van der Waals surface area contributed by atoms with Gasteiger partial charge >= 0.3 is 6.03 Å². The molecule has 0 aliphatic carbocycles. The Morgan fingerprint density at radius 1 is 1.07 bits per heavy atom. The van der Waals surface area contributed by atoms with Crippen LogP contribution in [0, 0.1) is 11.3 Å². The number of amides is 2. The third-order valence-electron chi connectivity index (χ3n) is 5.07. The Morgan fingerprint density at radius 2 is 1.83 bits per heavy atom. The van der Waals surface area contributed by atoms with E-state index in [1.807, 2.05) is 17.0 Å². The number of nitrogens with one attached hydrogen (secondary N) is 1. The summed E-state index contributed by atoms with van der Waals surface area (Å²) in [5, 5.41) is 11.8. The highest BCUT2D eigenvalue weighted by Crippen LogP contribution is 2.27. The minimum Gasteiger partial charge on any atom is -0.493 e. The predicted octanol–water partition coefficient (Wildman–Crippen LogP) is 2.97. The molecule has 0 spiro atoms. The first kappa shape index (κ1) is 20.5. The average Bonchev–Trinajstić information content (AvgIpc) is 2.77. The van der Waals surface area contributed by atoms with Crippen LogP contribution < -0.4 is 14.8 Å². The lowest BCUT2D eigenvalue weighted by atomic mass is 10.1. The highest BCUT2D eigenvalue weighted by atomic mass is 16.5. The number of piperazine rings is 1. The molecule has 0 aromatic heterocycles. The van der Waals surface area contributed by atoms with E-state index in [4.69, 9.17) is 14.7 Å². The van der Waals surface area contributed by atoms with Crippen molar-refractivity contribution < 1.29 is 14.3 Å². The third kappa shape index (κ3) is 5.39. The molecule has 152 valence electrons. The molecule has 0 radical (unpaired) electrons. The molecule has 1 aliphatic heterocycles. The van der Waals surface area contributed by atoms with E-state index in [9.17, 15) is 4.79 Å². The summed E-state index contributed by atoms with van der Waals surface area (Å²) in [4.78, 5) is 16.6. The van der Waals surface area contributed by atoms with Crippen molar-refractivity contribution in [1.82, 2.24) is 9.80 Å². The van der Waals surface area contributed by atoms with Crippen LogP contribution in [0.4, 0.5) is 10.5 Å². The normalized spacial score (nSPS) is 14.2. The van der Waals surface area contributed by atoms with Gasteiger partial charge in [-0.2, -0.15) is 5.26 Å². The average molecular weight is 394 g/mol. The van der Waals surface area contributed by atoms with Crippen molar-refractivity contribution in [3.63, 3.8) is 0 Å². The lowest BCUT2D eigenvalue weighted by molar-refractivity contribution is 0.148. The first-order chi connectivity index (χ1) is 14.1. The summed E-state index contributed by atoms with van der Waals surface area (Å²) < 4.78 is 10.6. The van der Waals surface area contributed by atoms with Crippen molar-refractivity contribution in [2.45, 2.75) is 6.42 Å².